The van der Waals surface area contributed by atoms with Crippen LogP contribution in [0.25, 0.3) is 0 Å². The minimum atomic E-state index is 0.266. The van der Waals surface area contributed by atoms with Crippen molar-refractivity contribution in [1.82, 2.24) is 5.32 Å². The largest absolute Gasteiger partial charge is 0.504 e. The summed E-state index contributed by atoms with van der Waals surface area (Å²) in [6.07, 6.45) is 6.25. The van der Waals surface area contributed by atoms with E-state index in [4.69, 9.17) is 4.74 Å². The second-order valence-electron chi connectivity index (χ2n) is 5.13. The van der Waals surface area contributed by atoms with E-state index < -0.39 is 0 Å². The lowest BCUT2D eigenvalue weighted by atomic mass is 10.0. The Morgan fingerprint density at radius 2 is 2.00 bits per heavy atom. The van der Waals surface area contributed by atoms with E-state index in [1.165, 1.54) is 25.7 Å². The minimum Gasteiger partial charge on any atom is -0.504 e. The molecule has 3 nitrogen and oxygen atoms in total. The average molecular weight is 233 g/mol. The predicted molar refractivity (Wildman–Crippen MR) is 66.5 cm³/mol. The molecule has 1 saturated carbocycles. The summed E-state index contributed by atoms with van der Waals surface area (Å²) < 4.78 is 5.66. The van der Waals surface area contributed by atoms with Gasteiger partial charge in [-0.2, -0.15) is 0 Å². The molecule has 1 heterocycles. The van der Waals surface area contributed by atoms with Crippen LogP contribution in [0.4, 0.5) is 0 Å². The van der Waals surface area contributed by atoms with Crippen molar-refractivity contribution in [2.24, 2.45) is 0 Å². The zero-order valence-corrected chi connectivity index (χ0v) is 9.98. The highest BCUT2D eigenvalue weighted by molar-refractivity contribution is 5.47. The molecule has 1 aromatic rings. The van der Waals surface area contributed by atoms with Crippen molar-refractivity contribution in [2.45, 2.75) is 44.2 Å². The van der Waals surface area contributed by atoms with Crippen LogP contribution in [0.3, 0.4) is 0 Å². The van der Waals surface area contributed by atoms with Crippen LogP contribution in [0.15, 0.2) is 18.2 Å². The number of hydrogen-bond acceptors (Lipinski definition) is 3. The van der Waals surface area contributed by atoms with E-state index in [-0.39, 0.29) is 5.75 Å². The summed E-state index contributed by atoms with van der Waals surface area (Å²) in [6, 6.07) is 6.67. The Bertz CT molecular complexity index is 399. The van der Waals surface area contributed by atoms with Gasteiger partial charge in [-0.25, -0.2) is 0 Å². The molecule has 3 rings (SSSR count). The molecule has 1 unspecified atom stereocenters. The van der Waals surface area contributed by atoms with Crippen LogP contribution in [-0.2, 0) is 6.42 Å². The Morgan fingerprint density at radius 1 is 1.18 bits per heavy atom. The smallest absolute Gasteiger partial charge is 0.164 e. The molecule has 1 aromatic carbocycles. The standard InChI is InChI=1S/C14H19NO2/c16-13-7-3-4-10-8-12(9-17-14(10)13)15-11-5-1-2-6-11/h3-4,7,11-12,15-16H,1-2,5-6,8-9H2. The van der Waals surface area contributed by atoms with Crippen molar-refractivity contribution in [3.05, 3.63) is 23.8 Å². The van der Waals surface area contributed by atoms with Crippen LogP contribution in [0, 0.1) is 0 Å². The minimum absolute atomic E-state index is 0.266. The number of nitrogens with one attached hydrogen (secondary N) is 1. The van der Waals surface area contributed by atoms with E-state index in [0.717, 1.165) is 12.0 Å². The van der Waals surface area contributed by atoms with Crippen molar-refractivity contribution in [1.29, 1.82) is 0 Å². The van der Waals surface area contributed by atoms with E-state index in [0.29, 0.717) is 24.4 Å². The Labute approximate surface area is 102 Å². The van der Waals surface area contributed by atoms with Crippen LogP contribution in [-0.4, -0.2) is 23.8 Å². The van der Waals surface area contributed by atoms with Gasteiger partial charge in [-0.1, -0.05) is 25.0 Å². The quantitative estimate of drug-likeness (QED) is 0.823. The Kier molecular flexibility index (Phi) is 2.93. The monoisotopic (exact) mass is 233 g/mol. The fourth-order valence-corrected chi connectivity index (χ4v) is 2.94. The molecule has 1 atom stereocenters. The van der Waals surface area contributed by atoms with Crippen molar-refractivity contribution >= 4 is 0 Å². The summed E-state index contributed by atoms with van der Waals surface area (Å²) >= 11 is 0. The Morgan fingerprint density at radius 3 is 2.82 bits per heavy atom. The van der Waals surface area contributed by atoms with Gasteiger partial charge >= 0.3 is 0 Å². The van der Waals surface area contributed by atoms with Gasteiger partial charge in [-0.3, -0.25) is 0 Å². The van der Waals surface area contributed by atoms with Gasteiger partial charge in [-0.15, -0.1) is 0 Å². The number of phenolic OH excluding ortho intramolecular Hbond substituents is 1. The number of aromatic hydroxyl groups is 1. The second kappa shape index (κ2) is 4.57. The highest BCUT2D eigenvalue weighted by atomic mass is 16.5. The molecule has 17 heavy (non-hydrogen) atoms. The topological polar surface area (TPSA) is 41.5 Å². The number of rotatable bonds is 2. The molecular weight excluding hydrogens is 214 g/mol. The molecule has 92 valence electrons. The lowest BCUT2D eigenvalue weighted by Crippen LogP contribution is -2.43. The van der Waals surface area contributed by atoms with Gasteiger partial charge in [0.05, 0.1) is 0 Å². The molecule has 0 spiro atoms. The molecule has 0 radical (unpaired) electrons. The number of para-hydroxylation sites is 1. The first kappa shape index (κ1) is 10.9. The molecule has 0 amide bonds. The highest BCUT2D eigenvalue weighted by Crippen LogP contribution is 2.34. The molecule has 1 aliphatic carbocycles. The fourth-order valence-electron chi connectivity index (χ4n) is 2.94. The number of fused-ring (bicyclic) bond motifs is 1. The molecule has 2 aliphatic rings. The zero-order chi connectivity index (χ0) is 11.7. The van der Waals surface area contributed by atoms with E-state index >= 15 is 0 Å². The molecule has 1 fully saturated rings. The summed E-state index contributed by atoms with van der Waals surface area (Å²) in [4.78, 5) is 0. The van der Waals surface area contributed by atoms with Gasteiger partial charge in [0.1, 0.15) is 6.61 Å². The van der Waals surface area contributed by atoms with Gasteiger partial charge in [-0.05, 0) is 30.9 Å². The molecule has 2 N–H and O–H groups in total. The Balaban J connectivity index is 1.68. The summed E-state index contributed by atoms with van der Waals surface area (Å²) in [7, 11) is 0. The first-order chi connectivity index (χ1) is 8.33. The van der Waals surface area contributed by atoms with Crippen molar-refractivity contribution in [2.75, 3.05) is 6.61 Å². The fraction of sp³-hybridized carbons (Fsp3) is 0.571. The summed E-state index contributed by atoms with van der Waals surface area (Å²) in [5.74, 6) is 0.943. The second-order valence-corrected chi connectivity index (χ2v) is 5.13. The molecule has 0 bridgehead atoms. The van der Waals surface area contributed by atoms with Gasteiger partial charge in [0.2, 0.25) is 0 Å². The summed E-state index contributed by atoms with van der Waals surface area (Å²) in [5.41, 5.74) is 1.12. The first-order valence-corrected chi connectivity index (χ1v) is 6.52. The number of hydrogen-bond donors (Lipinski definition) is 2. The third-order valence-electron chi connectivity index (χ3n) is 3.80. The number of benzene rings is 1. The van der Waals surface area contributed by atoms with Crippen molar-refractivity contribution < 1.29 is 9.84 Å². The first-order valence-electron chi connectivity index (χ1n) is 6.52. The normalized spacial score (nSPS) is 24.4. The van der Waals surface area contributed by atoms with Crippen LogP contribution >= 0.6 is 0 Å². The van der Waals surface area contributed by atoms with Crippen LogP contribution in [0.2, 0.25) is 0 Å². The molecule has 0 saturated heterocycles. The van der Waals surface area contributed by atoms with Crippen LogP contribution in [0.1, 0.15) is 31.2 Å². The Hall–Kier alpha value is -1.22. The third kappa shape index (κ3) is 2.25. The van der Waals surface area contributed by atoms with Gasteiger partial charge in [0, 0.05) is 12.1 Å². The lowest BCUT2D eigenvalue weighted by Gasteiger charge is -2.28. The van der Waals surface area contributed by atoms with E-state index in [2.05, 4.69) is 5.32 Å². The van der Waals surface area contributed by atoms with Gasteiger partial charge < -0.3 is 15.2 Å². The van der Waals surface area contributed by atoms with Gasteiger partial charge in [0.25, 0.3) is 0 Å². The van der Waals surface area contributed by atoms with Crippen LogP contribution in [0.5, 0.6) is 11.5 Å². The summed E-state index contributed by atoms with van der Waals surface area (Å²) in [6.45, 7) is 0.668. The van der Waals surface area contributed by atoms with E-state index in [1.807, 2.05) is 12.1 Å². The molecule has 3 heteroatoms. The number of ether oxygens (including phenoxy) is 1. The predicted octanol–water partition coefficient (Wildman–Crippen LogP) is 2.23. The van der Waals surface area contributed by atoms with Crippen LogP contribution < -0.4 is 10.1 Å². The maximum Gasteiger partial charge on any atom is 0.164 e. The van der Waals surface area contributed by atoms with Crippen molar-refractivity contribution in [3.8, 4) is 11.5 Å². The SMILES string of the molecule is Oc1cccc2c1OCC(NC1CCCC1)C2. The third-order valence-corrected chi connectivity index (χ3v) is 3.80. The maximum atomic E-state index is 9.68. The molecule has 1 aliphatic heterocycles. The van der Waals surface area contributed by atoms with Gasteiger partial charge in [0.15, 0.2) is 11.5 Å². The average Bonchev–Trinajstić information content (AvgIpc) is 2.82. The zero-order valence-electron chi connectivity index (χ0n) is 9.98. The number of phenols is 1. The molecule has 0 aromatic heterocycles. The van der Waals surface area contributed by atoms with E-state index in [9.17, 15) is 5.11 Å². The van der Waals surface area contributed by atoms with Crippen molar-refractivity contribution in [3.63, 3.8) is 0 Å². The van der Waals surface area contributed by atoms with E-state index in [1.54, 1.807) is 6.07 Å². The summed E-state index contributed by atoms with van der Waals surface area (Å²) in [5, 5.41) is 13.4. The molecular formula is C14H19NO2. The maximum absolute atomic E-state index is 9.68. The lowest BCUT2D eigenvalue weighted by molar-refractivity contribution is 0.219. The highest BCUT2D eigenvalue weighted by Gasteiger charge is 2.25.